The number of nitrogens with zero attached hydrogens (tertiary/aromatic N) is 2. The molecule has 0 saturated carbocycles. The largest absolute Gasteiger partial charge is 0.464 e. The van der Waals surface area contributed by atoms with Gasteiger partial charge in [-0.2, -0.15) is 9.97 Å². The lowest BCUT2D eigenvalue weighted by Crippen LogP contribution is -2.23. The lowest BCUT2D eigenvalue weighted by molar-refractivity contribution is 0.310. The van der Waals surface area contributed by atoms with Crippen molar-refractivity contribution in [3.05, 3.63) is 46.6 Å². The summed E-state index contributed by atoms with van der Waals surface area (Å²) in [6.07, 6.45) is 6.69. The van der Waals surface area contributed by atoms with Crippen LogP contribution in [0.15, 0.2) is 24.3 Å². The quantitative estimate of drug-likeness (QED) is 0.916. The van der Waals surface area contributed by atoms with Crippen molar-refractivity contribution in [1.29, 1.82) is 0 Å². The number of aryl methyl sites for hydroxylation is 1. The summed E-state index contributed by atoms with van der Waals surface area (Å²) in [5, 5.41) is 3.68. The van der Waals surface area contributed by atoms with E-state index in [0.29, 0.717) is 18.7 Å². The molecule has 0 atom stereocenters. The summed E-state index contributed by atoms with van der Waals surface area (Å²) in [5.74, 6) is 0.996. The number of benzene rings is 1. The van der Waals surface area contributed by atoms with Crippen molar-refractivity contribution in [1.82, 2.24) is 9.97 Å². The van der Waals surface area contributed by atoms with E-state index in [1.807, 2.05) is 6.92 Å². The Bertz CT molecular complexity index is 695. The minimum atomic E-state index is 0. The van der Waals surface area contributed by atoms with Gasteiger partial charge in [0.05, 0.1) is 12.3 Å². The Labute approximate surface area is 149 Å². The van der Waals surface area contributed by atoms with Crippen LogP contribution in [0.3, 0.4) is 0 Å². The Morgan fingerprint density at radius 1 is 1.08 bits per heavy atom. The molecule has 4 rings (SSSR count). The SMILES string of the molecule is CCOc1nc2c(c(NC3Cc4ccccc4C3)n1)CCCC2.Cl. The van der Waals surface area contributed by atoms with Crippen LogP contribution in [-0.2, 0) is 25.7 Å². The maximum Gasteiger partial charge on any atom is 0.318 e. The van der Waals surface area contributed by atoms with E-state index in [4.69, 9.17) is 4.74 Å². The van der Waals surface area contributed by atoms with E-state index in [2.05, 4.69) is 39.6 Å². The van der Waals surface area contributed by atoms with Gasteiger partial charge in [-0.05, 0) is 56.6 Å². The molecule has 1 heterocycles. The standard InChI is InChI=1S/C19H23N3O.ClH/c1-2-23-19-21-17-10-6-5-9-16(17)18(22-19)20-15-11-13-7-3-4-8-14(13)12-15;/h3-4,7-8,15H,2,5-6,9-12H2,1H3,(H,20,21,22);1H. The molecular formula is C19H24ClN3O. The fourth-order valence-electron chi connectivity index (χ4n) is 3.74. The first kappa shape index (κ1) is 17.0. The van der Waals surface area contributed by atoms with Gasteiger partial charge in [0, 0.05) is 11.6 Å². The minimum Gasteiger partial charge on any atom is -0.464 e. The van der Waals surface area contributed by atoms with Crippen LogP contribution in [-0.4, -0.2) is 22.6 Å². The van der Waals surface area contributed by atoms with Crippen molar-refractivity contribution < 1.29 is 4.74 Å². The first-order chi connectivity index (χ1) is 11.3. The molecule has 24 heavy (non-hydrogen) atoms. The summed E-state index contributed by atoms with van der Waals surface area (Å²) in [5.41, 5.74) is 5.39. The highest BCUT2D eigenvalue weighted by molar-refractivity contribution is 5.85. The molecule has 128 valence electrons. The lowest BCUT2D eigenvalue weighted by Gasteiger charge is -2.22. The van der Waals surface area contributed by atoms with Crippen LogP contribution in [0, 0.1) is 0 Å². The Kier molecular flexibility index (Phi) is 5.24. The molecule has 0 radical (unpaired) electrons. The van der Waals surface area contributed by atoms with Crippen molar-refractivity contribution in [3.63, 3.8) is 0 Å². The van der Waals surface area contributed by atoms with Gasteiger partial charge in [0.2, 0.25) is 0 Å². The molecular weight excluding hydrogens is 322 g/mol. The minimum absolute atomic E-state index is 0. The molecule has 1 aromatic heterocycles. The highest BCUT2D eigenvalue weighted by Gasteiger charge is 2.24. The first-order valence-electron chi connectivity index (χ1n) is 8.69. The van der Waals surface area contributed by atoms with Crippen molar-refractivity contribution in [2.45, 2.75) is 51.5 Å². The highest BCUT2D eigenvalue weighted by atomic mass is 35.5. The van der Waals surface area contributed by atoms with Crippen molar-refractivity contribution in [2.24, 2.45) is 0 Å². The fraction of sp³-hybridized carbons (Fsp3) is 0.474. The van der Waals surface area contributed by atoms with Crippen LogP contribution < -0.4 is 10.1 Å². The molecule has 0 amide bonds. The zero-order valence-corrected chi connectivity index (χ0v) is 14.9. The summed E-state index contributed by atoms with van der Waals surface area (Å²) >= 11 is 0. The van der Waals surface area contributed by atoms with Crippen LogP contribution in [0.25, 0.3) is 0 Å². The number of fused-ring (bicyclic) bond motifs is 2. The van der Waals surface area contributed by atoms with E-state index in [0.717, 1.165) is 31.5 Å². The van der Waals surface area contributed by atoms with Crippen LogP contribution in [0.2, 0.25) is 0 Å². The maximum absolute atomic E-state index is 5.58. The van der Waals surface area contributed by atoms with Gasteiger partial charge in [-0.15, -0.1) is 12.4 Å². The fourth-order valence-corrected chi connectivity index (χ4v) is 3.74. The van der Waals surface area contributed by atoms with Gasteiger partial charge in [0.1, 0.15) is 5.82 Å². The molecule has 0 bridgehead atoms. The molecule has 0 fully saturated rings. The molecule has 5 heteroatoms. The third-order valence-electron chi connectivity index (χ3n) is 4.83. The van der Waals surface area contributed by atoms with Gasteiger partial charge in [0.15, 0.2) is 0 Å². The van der Waals surface area contributed by atoms with Crippen LogP contribution in [0.4, 0.5) is 5.82 Å². The van der Waals surface area contributed by atoms with Crippen LogP contribution in [0.5, 0.6) is 6.01 Å². The average molecular weight is 346 g/mol. The predicted octanol–water partition coefficient (Wildman–Crippen LogP) is 3.76. The Hall–Kier alpha value is -1.81. The second kappa shape index (κ2) is 7.39. The van der Waals surface area contributed by atoms with E-state index >= 15 is 0 Å². The van der Waals surface area contributed by atoms with E-state index in [-0.39, 0.29) is 12.4 Å². The molecule has 0 spiro atoms. The Balaban J connectivity index is 0.00000169. The topological polar surface area (TPSA) is 47.0 Å². The van der Waals surface area contributed by atoms with Gasteiger partial charge in [-0.25, -0.2) is 0 Å². The van der Waals surface area contributed by atoms with Crippen LogP contribution >= 0.6 is 12.4 Å². The summed E-state index contributed by atoms with van der Waals surface area (Å²) in [6.45, 7) is 2.58. The van der Waals surface area contributed by atoms with Crippen molar-refractivity contribution >= 4 is 18.2 Å². The van der Waals surface area contributed by atoms with E-state index in [1.165, 1.54) is 35.2 Å². The number of hydrogen-bond donors (Lipinski definition) is 1. The van der Waals surface area contributed by atoms with E-state index < -0.39 is 0 Å². The number of hydrogen-bond acceptors (Lipinski definition) is 4. The van der Waals surface area contributed by atoms with Crippen molar-refractivity contribution in [3.8, 4) is 6.01 Å². The van der Waals surface area contributed by atoms with Gasteiger partial charge in [-0.1, -0.05) is 24.3 Å². The first-order valence-corrected chi connectivity index (χ1v) is 8.69. The molecule has 0 unspecified atom stereocenters. The summed E-state index contributed by atoms with van der Waals surface area (Å²) in [6, 6.07) is 9.66. The Morgan fingerprint density at radius 3 is 2.50 bits per heavy atom. The number of nitrogens with one attached hydrogen (secondary N) is 1. The molecule has 2 aliphatic carbocycles. The number of aromatic nitrogens is 2. The summed E-state index contributed by atoms with van der Waals surface area (Å²) < 4.78 is 5.58. The Morgan fingerprint density at radius 2 is 1.79 bits per heavy atom. The van der Waals surface area contributed by atoms with E-state index in [1.54, 1.807) is 0 Å². The van der Waals surface area contributed by atoms with E-state index in [9.17, 15) is 0 Å². The molecule has 0 saturated heterocycles. The number of ether oxygens (including phenoxy) is 1. The zero-order valence-electron chi connectivity index (χ0n) is 14.0. The molecule has 2 aliphatic rings. The highest BCUT2D eigenvalue weighted by Crippen LogP contribution is 2.30. The third kappa shape index (κ3) is 3.34. The normalized spacial score (nSPS) is 16.0. The maximum atomic E-state index is 5.58. The summed E-state index contributed by atoms with van der Waals surface area (Å²) in [7, 11) is 0. The average Bonchev–Trinajstić information content (AvgIpc) is 2.97. The second-order valence-electron chi connectivity index (χ2n) is 6.44. The number of rotatable bonds is 4. The van der Waals surface area contributed by atoms with Gasteiger partial charge in [0.25, 0.3) is 0 Å². The van der Waals surface area contributed by atoms with Gasteiger partial charge < -0.3 is 10.1 Å². The lowest BCUT2D eigenvalue weighted by atomic mass is 9.96. The third-order valence-corrected chi connectivity index (χ3v) is 4.83. The zero-order chi connectivity index (χ0) is 15.6. The second-order valence-corrected chi connectivity index (χ2v) is 6.44. The molecule has 2 aromatic rings. The number of halogens is 1. The smallest absolute Gasteiger partial charge is 0.318 e. The summed E-state index contributed by atoms with van der Waals surface area (Å²) in [4.78, 5) is 9.26. The van der Waals surface area contributed by atoms with Gasteiger partial charge >= 0.3 is 6.01 Å². The van der Waals surface area contributed by atoms with Crippen LogP contribution in [0.1, 0.15) is 42.1 Å². The van der Waals surface area contributed by atoms with Gasteiger partial charge in [-0.3, -0.25) is 0 Å². The molecule has 0 aliphatic heterocycles. The number of anilines is 1. The molecule has 4 nitrogen and oxygen atoms in total. The monoisotopic (exact) mass is 345 g/mol. The predicted molar refractivity (Wildman–Crippen MR) is 98.4 cm³/mol. The van der Waals surface area contributed by atoms with Crippen molar-refractivity contribution in [2.75, 3.05) is 11.9 Å². The molecule has 1 N–H and O–H groups in total. The molecule has 1 aromatic carbocycles.